The van der Waals surface area contributed by atoms with Gasteiger partial charge in [0.2, 0.25) is 5.91 Å². The van der Waals surface area contributed by atoms with Crippen molar-refractivity contribution in [3.8, 4) is 0 Å². The van der Waals surface area contributed by atoms with Crippen LogP contribution < -0.4 is 5.32 Å². The summed E-state index contributed by atoms with van der Waals surface area (Å²) in [4.78, 5) is 12.6. The Balaban J connectivity index is 3.69. The van der Waals surface area contributed by atoms with Crippen LogP contribution in [0, 0.1) is 0 Å². The van der Waals surface area contributed by atoms with Crippen molar-refractivity contribution in [2.45, 2.75) is 321 Å². The van der Waals surface area contributed by atoms with Crippen LogP contribution in [0.5, 0.6) is 0 Å². The number of hydrogen-bond acceptors (Lipinski definition) is 5. The van der Waals surface area contributed by atoms with Crippen LogP contribution in [0.4, 0.5) is 0 Å². The van der Waals surface area contributed by atoms with Gasteiger partial charge in [0.05, 0.1) is 18.8 Å². The first-order valence-corrected chi connectivity index (χ1v) is 28.4. The van der Waals surface area contributed by atoms with Crippen molar-refractivity contribution in [2.24, 2.45) is 0 Å². The second kappa shape index (κ2) is 52.5. The van der Waals surface area contributed by atoms with Crippen LogP contribution in [-0.4, -0.2) is 57.3 Å². The standard InChI is InChI=1S/C58H111NO5/c1-3-5-7-9-11-13-15-17-19-21-23-25-26-27-28-29-30-32-33-35-37-39-41-43-45-47-49-51-55(61)57(63)54(53-60)59-58(64)56(62)52-50-48-46-44-42-40-38-36-34-31-24-22-20-18-16-14-12-10-8-6-4-2/h34-37,43,45,54-57,60-63H,3-33,38-42,44,46-53H2,1-2H3,(H,59,64)/b36-34-,37-35+,45-43+. The molecule has 0 rings (SSSR count). The lowest BCUT2D eigenvalue weighted by Crippen LogP contribution is -2.53. The van der Waals surface area contributed by atoms with E-state index in [1.165, 1.54) is 212 Å². The van der Waals surface area contributed by atoms with Gasteiger partial charge in [-0.25, -0.2) is 0 Å². The predicted octanol–water partition coefficient (Wildman–Crippen LogP) is 16.4. The average molecular weight is 903 g/mol. The molecule has 0 aromatic rings. The monoisotopic (exact) mass is 902 g/mol. The largest absolute Gasteiger partial charge is 0.394 e. The van der Waals surface area contributed by atoms with Gasteiger partial charge in [-0.3, -0.25) is 4.79 Å². The van der Waals surface area contributed by atoms with Crippen molar-refractivity contribution in [2.75, 3.05) is 6.61 Å². The Hall–Kier alpha value is -1.47. The van der Waals surface area contributed by atoms with Crippen molar-refractivity contribution < 1.29 is 25.2 Å². The molecular formula is C58H111NO5. The molecule has 64 heavy (non-hydrogen) atoms. The molecule has 0 heterocycles. The number of unbranched alkanes of at least 4 members (excludes halogenated alkanes) is 37. The molecule has 0 aliphatic rings. The van der Waals surface area contributed by atoms with Crippen LogP contribution >= 0.6 is 0 Å². The number of aliphatic hydroxyl groups excluding tert-OH is 4. The summed E-state index contributed by atoms with van der Waals surface area (Å²) in [7, 11) is 0. The summed E-state index contributed by atoms with van der Waals surface area (Å²) >= 11 is 0. The molecule has 0 saturated carbocycles. The zero-order valence-corrected chi connectivity index (χ0v) is 42.8. The number of hydrogen-bond donors (Lipinski definition) is 5. The van der Waals surface area contributed by atoms with Gasteiger partial charge in [0.15, 0.2) is 0 Å². The van der Waals surface area contributed by atoms with Gasteiger partial charge in [0.1, 0.15) is 12.2 Å². The molecule has 4 unspecified atom stereocenters. The molecule has 0 radical (unpaired) electrons. The van der Waals surface area contributed by atoms with E-state index in [4.69, 9.17) is 0 Å². The third kappa shape index (κ3) is 45.7. The summed E-state index contributed by atoms with van der Waals surface area (Å²) in [5, 5.41) is 43.9. The normalized spacial score (nSPS) is 14.0. The smallest absolute Gasteiger partial charge is 0.249 e. The minimum atomic E-state index is -1.29. The molecule has 1 amide bonds. The quantitative estimate of drug-likeness (QED) is 0.0309. The van der Waals surface area contributed by atoms with E-state index >= 15 is 0 Å². The Kier molecular flexibility index (Phi) is 51.3. The van der Waals surface area contributed by atoms with Gasteiger partial charge in [0, 0.05) is 0 Å². The minimum absolute atomic E-state index is 0.353. The lowest BCUT2D eigenvalue weighted by atomic mass is 10.00. The minimum Gasteiger partial charge on any atom is -0.394 e. The first-order chi connectivity index (χ1) is 31.5. The molecule has 0 aliphatic carbocycles. The van der Waals surface area contributed by atoms with E-state index in [2.05, 4.69) is 55.6 Å². The molecule has 6 heteroatoms. The van der Waals surface area contributed by atoms with Gasteiger partial charge in [-0.15, -0.1) is 0 Å². The fraction of sp³-hybridized carbons (Fsp3) is 0.879. The maximum atomic E-state index is 12.6. The van der Waals surface area contributed by atoms with E-state index in [-0.39, 0.29) is 0 Å². The molecule has 5 N–H and O–H groups in total. The van der Waals surface area contributed by atoms with Crippen LogP contribution in [-0.2, 0) is 4.79 Å². The van der Waals surface area contributed by atoms with Crippen LogP contribution in [0.3, 0.4) is 0 Å². The van der Waals surface area contributed by atoms with Gasteiger partial charge >= 0.3 is 0 Å². The SMILES string of the molecule is CCCCCCCCCCCCC/C=C\CCCCCCCCC(O)C(=O)NC(CO)C(O)C(O)CCC/C=C/CC/C=C/CCCCCCCCCCCCCCCCCCCC. The molecule has 6 nitrogen and oxygen atoms in total. The summed E-state index contributed by atoms with van der Waals surface area (Å²) in [5.74, 6) is -0.599. The molecule has 0 fully saturated rings. The Morgan fingerprint density at radius 1 is 0.375 bits per heavy atom. The van der Waals surface area contributed by atoms with Crippen molar-refractivity contribution in [3.05, 3.63) is 36.5 Å². The van der Waals surface area contributed by atoms with Gasteiger partial charge < -0.3 is 25.7 Å². The van der Waals surface area contributed by atoms with Gasteiger partial charge in [0.25, 0.3) is 0 Å². The number of carbonyl (C=O) groups excluding carboxylic acids is 1. The van der Waals surface area contributed by atoms with Gasteiger partial charge in [-0.2, -0.15) is 0 Å². The fourth-order valence-corrected chi connectivity index (χ4v) is 8.83. The summed E-state index contributed by atoms with van der Waals surface area (Å²) in [6.45, 7) is 4.07. The zero-order valence-electron chi connectivity index (χ0n) is 42.8. The van der Waals surface area contributed by atoms with Crippen LogP contribution in [0.1, 0.15) is 296 Å². The maximum Gasteiger partial charge on any atom is 0.249 e. The lowest BCUT2D eigenvalue weighted by molar-refractivity contribution is -0.132. The molecule has 378 valence electrons. The van der Waals surface area contributed by atoms with E-state index in [9.17, 15) is 25.2 Å². The summed E-state index contributed by atoms with van der Waals surface area (Å²) < 4.78 is 0. The highest BCUT2D eigenvalue weighted by Gasteiger charge is 2.28. The van der Waals surface area contributed by atoms with E-state index in [1.54, 1.807) is 0 Å². The second-order valence-electron chi connectivity index (χ2n) is 19.6. The third-order valence-electron chi connectivity index (χ3n) is 13.3. The Bertz CT molecular complexity index is 1010. The highest BCUT2D eigenvalue weighted by atomic mass is 16.3. The topological polar surface area (TPSA) is 110 Å². The Labute approximate surface area is 398 Å². The second-order valence-corrected chi connectivity index (χ2v) is 19.6. The summed E-state index contributed by atoms with van der Waals surface area (Å²) in [5.41, 5.74) is 0. The Morgan fingerprint density at radius 3 is 0.984 bits per heavy atom. The Morgan fingerprint density at radius 2 is 0.656 bits per heavy atom. The molecular weight excluding hydrogens is 791 g/mol. The molecule has 0 aromatic carbocycles. The van der Waals surface area contributed by atoms with Crippen LogP contribution in [0.2, 0.25) is 0 Å². The molecule has 0 spiro atoms. The van der Waals surface area contributed by atoms with E-state index in [0.29, 0.717) is 19.3 Å². The van der Waals surface area contributed by atoms with Gasteiger partial charge in [-0.1, -0.05) is 256 Å². The number of rotatable bonds is 52. The third-order valence-corrected chi connectivity index (χ3v) is 13.3. The lowest BCUT2D eigenvalue weighted by Gasteiger charge is -2.27. The van der Waals surface area contributed by atoms with Crippen LogP contribution in [0.25, 0.3) is 0 Å². The van der Waals surface area contributed by atoms with Crippen molar-refractivity contribution in [1.29, 1.82) is 0 Å². The molecule has 0 aliphatic heterocycles. The van der Waals surface area contributed by atoms with Crippen LogP contribution in [0.15, 0.2) is 36.5 Å². The maximum absolute atomic E-state index is 12.6. The van der Waals surface area contributed by atoms with E-state index in [0.717, 1.165) is 51.4 Å². The number of aliphatic hydroxyl groups is 4. The first kappa shape index (κ1) is 62.5. The van der Waals surface area contributed by atoms with Crippen molar-refractivity contribution in [3.63, 3.8) is 0 Å². The summed E-state index contributed by atoms with van der Waals surface area (Å²) in [6.07, 6.45) is 65.0. The summed E-state index contributed by atoms with van der Waals surface area (Å²) in [6, 6.07) is -1.01. The number of allylic oxidation sites excluding steroid dienone is 6. The molecule has 4 atom stereocenters. The number of carbonyl (C=O) groups is 1. The predicted molar refractivity (Wildman–Crippen MR) is 279 cm³/mol. The zero-order chi connectivity index (χ0) is 46.7. The molecule has 0 bridgehead atoms. The number of amides is 1. The van der Waals surface area contributed by atoms with E-state index < -0.39 is 36.9 Å². The fourth-order valence-electron chi connectivity index (χ4n) is 8.83. The molecule has 0 saturated heterocycles. The highest BCUT2D eigenvalue weighted by molar-refractivity contribution is 5.80. The highest BCUT2D eigenvalue weighted by Crippen LogP contribution is 2.17. The van der Waals surface area contributed by atoms with Crippen molar-refractivity contribution >= 4 is 5.91 Å². The van der Waals surface area contributed by atoms with E-state index in [1.807, 2.05) is 0 Å². The first-order valence-electron chi connectivity index (χ1n) is 28.4. The number of nitrogens with one attached hydrogen (secondary N) is 1. The molecule has 0 aromatic heterocycles. The van der Waals surface area contributed by atoms with Gasteiger partial charge in [-0.05, 0) is 77.0 Å². The van der Waals surface area contributed by atoms with Crippen molar-refractivity contribution in [1.82, 2.24) is 5.32 Å². The average Bonchev–Trinajstić information content (AvgIpc) is 3.30.